The molecule has 0 aromatic carbocycles. The van der Waals surface area contributed by atoms with Crippen LogP contribution in [0.1, 0.15) is 78.3 Å². The van der Waals surface area contributed by atoms with Crippen LogP contribution in [0.3, 0.4) is 0 Å². The maximum absolute atomic E-state index is 13.2. The van der Waals surface area contributed by atoms with Crippen LogP contribution < -0.4 is 0 Å². The molecule has 0 spiro atoms. The highest BCUT2D eigenvalue weighted by Gasteiger charge is 2.37. The maximum Gasteiger partial charge on any atom is 0.418 e. The third-order valence-electron chi connectivity index (χ3n) is 3.93. The highest BCUT2D eigenvalue weighted by Crippen LogP contribution is 2.36. The molecule has 0 saturated heterocycles. The summed E-state index contributed by atoms with van der Waals surface area (Å²) in [5.41, 5.74) is -0.776. The number of alkyl halides is 5. The van der Waals surface area contributed by atoms with Crippen LogP contribution in [0.25, 0.3) is 0 Å². The molecule has 2 aromatic rings. The second-order valence-corrected chi connectivity index (χ2v) is 8.71. The van der Waals surface area contributed by atoms with E-state index in [1.54, 1.807) is 20.8 Å². The number of pyridine rings is 2. The number of halogens is 5. The van der Waals surface area contributed by atoms with Crippen LogP contribution in [0, 0.1) is 0 Å². The molecule has 0 N–H and O–H groups in total. The van der Waals surface area contributed by atoms with Crippen molar-refractivity contribution in [2.45, 2.75) is 78.8 Å². The summed E-state index contributed by atoms with van der Waals surface area (Å²) >= 11 is 0. The van der Waals surface area contributed by atoms with Gasteiger partial charge in [-0.15, -0.1) is 0 Å². The molecule has 2 aromatic heterocycles. The van der Waals surface area contributed by atoms with E-state index in [-0.39, 0.29) is 24.1 Å². The molecule has 0 saturated carbocycles. The van der Waals surface area contributed by atoms with Crippen LogP contribution in [0.5, 0.6) is 0 Å². The Morgan fingerprint density at radius 1 is 0.690 bits per heavy atom. The molecular weight excluding hydrogens is 387 g/mol. The standard InChI is InChI=1S/C11H15F2N.C10H12F3N.CH4/c1-10(2,3)9-7-14-6-5-8(9)11(4,12)13;1-9(2,3)8-7(10(11,12)13)5-4-6-14-8;/h5-7H,1-4H3;4-6H,1-3H3;1H4. The van der Waals surface area contributed by atoms with E-state index in [1.165, 1.54) is 30.7 Å². The lowest BCUT2D eigenvalue weighted by molar-refractivity contribution is -0.139. The van der Waals surface area contributed by atoms with E-state index in [4.69, 9.17) is 0 Å². The minimum Gasteiger partial charge on any atom is -0.264 e. The normalized spacial score (nSPS) is 12.6. The zero-order valence-electron chi connectivity index (χ0n) is 17.2. The molecule has 7 heteroatoms. The van der Waals surface area contributed by atoms with Crippen LogP contribution in [0.15, 0.2) is 36.8 Å². The zero-order valence-corrected chi connectivity index (χ0v) is 17.2. The van der Waals surface area contributed by atoms with E-state index >= 15 is 0 Å². The highest BCUT2D eigenvalue weighted by atomic mass is 19.4. The molecule has 2 nitrogen and oxygen atoms in total. The average Bonchev–Trinajstić information content (AvgIpc) is 2.52. The first-order valence-electron chi connectivity index (χ1n) is 8.81. The maximum atomic E-state index is 13.2. The minimum atomic E-state index is -4.32. The Morgan fingerprint density at radius 2 is 1.24 bits per heavy atom. The molecule has 0 atom stereocenters. The van der Waals surface area contributed by atoms with Gasteiger partial charge in [0, 0.05) is 36.5 Å². The van der Waals surface area contributed by atoms with Crippen LogP contribution in [-0.4, -0.2) is 9.97 Å². The molecule has 164 valence electrons. The van der Waals surface area contributed by atoms with Crippen LogP contribution in [-0.2, 0) is 22.9 Å². The quantitative estimate of drug-likeness (QED) is 0.448. The van der Waals surface area contributed by atoms with Gasteiger partial charge in [-0.05, 0) is 29.2 Å². The monoisotopic (exact) mass is 418 g/mol. The Hall–Kier alpha value is -2.05. The van der Waals surface area contributed by atoms with Crippen molar-refractivity contribution in [1.29, 1.82) is 0 Å². The molecule has 2 heterocycles. The summed E-state index contributed by atoms with van der Waals surface area (Å²) in [5, 5.41) is 0. The molecule has 0 aliphatic rings. The fraction of sp³-hybridized carbons (Fsp3) is 0.545. The van der Waals surface area contributed by atoms with E-state index < -0.39 is 23.1 Å². The summed E-state index contributed by atoms with van der Waals surface area (Å²) in [7, 11) is 0. The van der Waals surface area contributed by atoms with Crippen molar-refractivity contribution in [3.05, 3.63) is 59.2 Å². The van der Waals surface area contributed by atoms with E-state index in [0.717, 1.165) is 13.0 Å². The average molecular weight is 418 g/mol. The smallest absolute Gasteiger partial charge is 0.264 e. The molecule has 0 radical (unpaired) electrons. The molecule has 2 rings (SSSR count). The second kappa shape index (κ2) is 9.18. The van der Waals surface area contributed by atoms with Gasteiger partial charge in [0.15, 0.2) is 0 Å². The van der Waals surface area contributed by atoms with E-state index in [9.17, 15) is 22.0 Å². The van der Waals surface area contributed by atoms with Crippen molar-refractivity contribution in [2.75, 3.05) is 0 Å². The molecule has 0 unspecified atom stereocenters. The van der Waals surface area contributed by atoms with Crippen molar-refractivity contribution in [2.24, 2.45) is 0 Å². The summed E-state index contributed by atoms with van der Waals surface area (Å²) < 4.78 is 64.1. The van der Waals surface area contributed by atoms with Gasteiger partial charge in [0.05, 0.1) is 11.3 Å². The summed E-state index contributed by atoms with van der Waals surface area (Å²) in [6.45, 7) is 11.8. The summed E-state index contributed by atoms with van der Waals surface area (Å²) in [4.78, 5) is 7.69. The third-order valence-corrected chi connectivity index (χ3v) is 3.93. The van der Waals surface area contributed by atoms with Gasteiger partial charge in [-0.1, -0.05) is 49.0 Å². The summed E-state index contributed by atoms with van der Waals surface area (Å²) in [6.07, 6.45) is -0.0125. The van der Waals surface area contributed by atoms with Gasteiger partial charge in [0.2, 0.25) is 0 Å². The van der Waals surface area contributed by atoms with Crippen molar-refractivity contribution in [3.8, 4) is 0 Å². The number of aromatic nitrogens is 2. The van der Waals surface area contributed by atoms with Crippen molar-refractivity contribution in [3.63, 3.8) is 0 Å². The lowest BCUT2D eigenvalue weighted by Crippen LogP contribution is -2.21. The third kappa shape index (κ3) is 7.71. The predicted molar refractivity (Wildman–Crippen MR) is 107 cm³/mol. The summed E-state index contributed by atoms with van der Waals surface area (Å²) in [6, 6.07) is 3.76. The van der Waals surface area contributed by atoms with Crippen LogP contribution in [0.4, 0.5) is 22.0 Å². The summed E-state index contributed by atoms with van der Waals surface area (Å²) in [5.74, 6) is -2.80. The zero-order chi connectivity index (χ0) is 22.0. The first kappa shape index (κ1) is 27.0. The van der Waals surface area contributed by atoms with Gasteiger partial charge in [-0.2, -0.15) is 13.2 Å². The van der Waals surface area contributed by atoms with Gasteiger partial charge >= 0.3 is 6.18 Å². The molecule has 29 heavy (non-hydrogen) atoms. The number of nitrogens with zero attached hydrogens (tertiary/aromatic N) is 2. The molecular formula is C22H31F5N2. The Bertz CT molecular complexity index is 646. The van der Waals surface area contributed by atoms with Crippen LogP contribution in [0.2, 0.25) is 0 Å². The number of hydrogen-bond acceptors (Lipinski definition) is 2. The first-order valence-corrected chi connectivity index (χ1v) is 8.81. The Kier molecular flexibility index (Phi) is 8.53. The fourth-order valence-corrected chi connectivity index (χ4v) is 2.61. The molecule has 0 bridgehead atoms. The Morgan fingerprint density at radius 3 is 1.59 bits per heavy atom. The first-order chi connectivity index (χ1) is 12.5. The molecule has 0 amide bonds. The number of rotatable bonds is 1. The second-order valence-electron chi connectivity index (χ2n) is 8.71. The molecule has 0 fully saturated rings. The van der Waals surface area contributed by atoms with Gasteiger partial charge in [-0.3, -0.25) is 9.97 Å². The Balaban J connectivity index is 0.000000523. The topological polar surface area (TPSA) is 25.8 Å². The van der Waals surface area contributed by atoms with Crippen molar-refractivity contribution < 1.29 is 22.0 Å². The molecule has 0 aliphatic heterocycles. The van der Waals surface area contributed by atoms with Gasteiger partial charge in [0.25, 0.3) is 5.92 Å². The largest absolute Gasteiger partial charge is 0.418 e. The van der Waals surface area contributed by atoms with E-state index in [1.807, 2.05) is 20.8 Å². The van der Waals surface area contributed by atoms with Gasteiger partial charge < -0.3 is 0 Å². The lowest BCUT2D eigenvalue weighted by atomic mass is 9.83. The van der Waals surface area contributed by atoms with Crippen LogP contribution >= 0.6 is 0 Å². The lowest BCUT2D eigenvalue weighted by Gasteiger charge is -2.24. The SMILES string of the molecule is C.CC(C)(C)c1cnccc1C(C)(F)F.CC(C)(C)c1ncccc1C(F)(F)F. The predicted octanol–water partition coefficient (Wildman–Crippen LogP) is 7.52. The van der Waals surface area contributed by atoms with E-state index in [2.05, 4.69) is 9.97 Å². The van der Waals surface area contributed by atoms with E-state index in [0.29, 0.717) is 5.56 Å². The van der Waals surface area contributed by atoms with Crippen molar-refractivity contribution >= 4 is 0 Å². The fourth-order valence-electron chi connectivity index (χ4n) is 2.61. The minimum absolute atomic E-state index is 0. The molecule has 0 aliphatic carbocycles. The van der Waals surface area contributed by atoms with Crippen molar-refractivity contribution in [1.82, 2.24) is 9.97 Å². The highest BCUT2D eigenvalue weighted by molar-refractivity contribution is 5.32. The Labute approximate surface area is 170 Å². The van der Waals surface area contributed by atoms with Gasteiger partial charge in [0.1, 0.15) is 0 Å². The number of hydrogen-bond donors (Lipinski definition) is 0. The van der Waals surface area contributed by atoms with Gasteiger partial charge in [-0.25, -0.2) is 8.78 Å².